The van der Waals surface area contributed by atoms with Crippen LogP contribution in [-0.4, -0.2) is 20.6 Å². The molecule has 0 saturated heterocycles. The zero-order valence-electron chi connectivity index (χ0n) is 6.32. The standard InChI is InChI=1S/C7H10N2O2/c1-6-4-8-5-9(6)3-2-7(10)11/h4-5H,2-3H2,1H3,(H,10,11). The lowest BCUT2D eigenvalue weighted by Gasteiger charge is -2.00. The maximum atomic E-state index is 10.2. The lowest BCUT2D eigenvalue weighted by atomic mass is 10.4. The van der Waals surface area contributed by atoms with E-state index < -0.39 is 5.97 Å². The summed E-state index contributed by atoms with van der Waals surface area (Å²) in [6.45, 7) is 2.40. The molecule has 0 aliphatic heterocycles. The van der Waals surface area contributed by atoms with Crippen molar-refractivity contribution in [2.75, 3.05) is 0 Å². The first-order valence-electron chi connectivity index (χ1n) is 3.38. The number of hydrogen-bond acceptors (Lipinski definition) is 2. The molecule has 0 atom stereocenters. The Morgan fingerprint density at radius 1 is 1.82 bits per heavy atom. The third-order valence-corrected chi connectivity index (χ3v) is 1.49. The molecule has 0 unspecified atom stereocenters. The highest BCUT2D eigenvalue weighted by molar-refractivity contribution is 5.66. The van der Waals surface area contributed by atoms with Gasteiger partial charge in [-0.1, -0.05) is 0 Å². The Kier molecular flexibility index (Phi) is 2.25. The number of aliphatic carboxylic acids is 1. The highest BCUT2D eigenvalue weighted by Crippen LogP contribution is 1.97. The fraction of sp³-hybridized carbons (Fsp3) is 0.429. The predicted molar refractivity (Wildman–Crippen MR) is 39.2 cm³/mol. The van der Waals surface area contributed by atoms with Crippen LogP contribution in [0.2, 0.25) is 0 Å². The molecule has 1 heterocycles. The number of imidazole rings is 1. The van der Waals surface area contributed by atoms with Crippen molar-refractivity contribution in [3.8, 4) is 0 Å². The van der Waals surface area contributed by atoms with E-state index in [4.69, 9.17) is 5.11 Å². The van der Waals surface area contributed by atoms with Gasteiger partial charge >= 0.3 is 5.97 Å². The predicted octanol–water partition coefficient (Wildman–Crippen LogP) is 0.666. The highest BCUT2D eigenvalue weighted by atomic mass is 16.4. The molecule has 0 aliphatic rings. The lowest BCUT2D eigenvalue weighted by molar-refractivity contribution is -0.137. The number of carboxylic acids is 1. The number of rotatable bonds is 3. The third kappa shape index (κ3) is 2.07. The van der Waals surface area contributed by atoms with Gasteiger partial charge in [0.05, 0.1) is 12.7 Å². The van der Waals surface area contributed by atoms with E-state index in [0.29, 0.717) is 6.54 Å². The molecule has 0 aliphatic carbocycles. The summed E-state index contributed by atoms with van der Waals surface area (Å²) >= 11 is 0. The quantitative estimate of drug-likeness (QED) is 0.696. The van der Waals surface area contributed by atoms with E-state index in [0.717, 1.165) is 5.69 Å². The summed E-state index contributed by atoms with van der Waals surface area (Å²) in [6.07, 6.45) is 3.50. The maximum Gasteiger partial charge on any atom is 0.305 e. The van der Waals surface area contributed by atoms with Crippen molar-refractivity contribution in [2.24, 2.45) is 0 Å². The Balaban J connectivity index is 2.51. The summed E-state index contributed by atoms with van der Waals surface area (Å²) in [5, 5.41) is 8.37. The highest BCUT2D eigenvalue weighted by Gasteiger charge is 1.99. The smallest absolute Gasteiger partial charge is 0.305 e. The van der Waals surface area contributed by atoms with Gasteiger partial charge in [-0.2, -0.15) is 0 Å². The molecule has 0 aromatic carbocycles. The molecule has 0 radical (unpaired) electrons. The second-order valence-electron chi connectivity index (χ2n) is 2.37. The van der Waals surface area contributed by atoms with Crippen molar-refractivity contribution >= 4 is 5.97 Å². The number of carbonyl (C=O) groups is 1. The van der Waals surface area contributed by atoms with E-state index in [1.807, 2.05) is 11.5 Å². The van der Waals surface area contributed by atoms with Gasteiger partial charge in [-0.15, -0.1) is 0 Å². The zero-order chi connectivity index (χ0) is 8.27. The van der Waals surface area contributed by atoms with Crippen LogP contribution in [0.5, 0.6) is 0 Å². The molecule has 1 N–H and O–H groups in total. The molecule has 1 aromatic heterocycles. The Labute approximate surface area is 64.5 Å². The van der Waals surface area contributed by atoms with Crippen LogP contribution in [0.3, 0.4) is 0 Å². The molecule has 4 heteroatoms. The lowest BCUT2D eigenvalue weighted by Crippen LogP contribution is -2.04. The molecular weight excluding hydrogens is 144 g/mol. The van der Waals surface area contributed by atoms with Gasteiger partial charge in [-0.3, -0.25) is 4.79 Å². The molecule has 0 bridgehead atoms. The van der Waals surface area contributed by atoms with E-state index in [2.05, 4.69) is 4.98 Å². The molecule has 60 valence electrons. The molecule has 11 heavy (non-hydrogen) atoms. The number of carboxylic acid groups (broad SMARTS) is 1. The second kappa shape index (κ2) is 3.18. The number of aromatic nitrogens is 2. The minimum atomic E-state index is -0.780. The summed E-state index contributed by atoms with van der Waals surface area (Å²) < 4.78 is 1.81. The Morgan fingerprint density at radius 3 is 3.00 bits per heavy atom. The molecule has 0 fully saturated rings. The maximum absolute atomic E-state index is 10.2. The Morgan fingerprint density at radius 2 is 2.55 bits per heavy atom. The fourth-order valence-corrected chi connectivity index (χ4v) is 0.837. The first-order chi connectivity index (χ1) is 5.20. The van der Waals surface area contributed by atoms with Crippen molar-refractivity contribution < 1.29 is 9.90 Å². The van der Waals surface area contributed by atoms with E-state index >= 15 is 0 Å². The number of nitrogens with zero attached hydrogens (tertiary/aromatic N) is 2. The molecule has 1 aromatic rings. The van der Waals surface area contributed by atoms with Gasteiger partial charge in [0.2, 0.25) is 0 Å². The van der Waals surface area contributed by atoms with Crippen molar-refractivity contribution in [1.29, 1.82) is 0 Å². The van der Waals surface area contributed by atoms with Crippen LogP contribution < -0.4 is 0 Å². The van der Waals surface area contributed by atoms with Gasteiger partial charge in [0, 0.05) is 18.4 Å². The topological polar surface area (TPSA) is 55.1 Å². The molecule has 0 saturated carbocycles. The van der Waals surface area contributed by atoms with Crippen molar-refractivity contribution in [3.05, 3.63) is 18.2 Å². The van der Waals surface area contributed by atoms with Gasteiger partial charge < -0.3 is 9.67 Å². The molecule has 1 rings (SSSR count). The zero-order valence-corrected chi connectivity index (χ0v) is 6.32. The Hall–Kier alpha value is -1.32. The van der Waals surface area contributed by atoms with Crippen molar-refractivity contribution in [1.82, 2.24) is 9.55 Å². The van der Waals surface area contributed by atoms with E-state index in [9.17, 15) is 4.79 Å². The normalized spacial score (nSPS) is 9.91. The molecule has 0 spiro atoms. The SMILES string of the molecule is Cc1cncn1CCC(=O)O. The first kappa shape index (κ1) is 7.78. The van der Waals surface area contributed by atoms with E-state index in [-0.39, 0.29) is 6.42 Å². The minimum absolute atomic E-state index is 0.150. The van der Waals surface area contributed by atoms with Crippen LogP contribution in [0.25, 0.3) is 0 Å². The number of aryl methyl sites for hydroxylation is 2. The molecular formula is C7H10N2O2. The van der Waals surface area contributed by atoms with Gasteiger partial charge in [-0.05, 0) is 6.92 Å². The van der Waals surface area contributed by atoms with Gasteiger partial charge in [0.15, 0.2) is 0 Å². The average Bonchev–Trinajstić information content (AvgIpc) is 2.31. The molecule has 0 amide bonds. The minimum Gasteiger partial charge on any atom is -0.481 e. The number of hydrogen-bond donors (Lipinski definition) is 1. The van der Waals surface area contributed by atoms with Gasteiger partial charge in [0.1, 0.15) is 0 Å². The summed E-state index contributed by atoms with van der Waals surface area (Å²) in [5.41, 5.74) is 0.992. The Bertz CT molecular complexity index is 255. The summed E-state index contributed by atoms with van der Waals surface area (Å²) in [7, 11) is 0. The van der Waals surface area contributed by atoms with Crippen LogP contribution in [0.1, 0.15) is 12.1 Å². The van der Waals surface area contributed by atoms with Gasteiger partial charge in [0.25, 0.3) is 0 Å². The van der Waals surface area contributed by atoms with E-state index in [1.54, 1.807) is 12.5 Å². The van der Waals surface area contributed by atoms with Crippen LogP contribution in [0.4, 0.5) is 0 Å². The largest absolute Gasteiger partial charge is 0.481 e. The molecule has 4 nitrogen and oxygen atoms in total. The van der Waals surface area contributed by atoms with Gasteiger partial charge in [-0.25, -0.2) is 4.98 Å². The monoisotopic (exact) mass is 154 g/mol. The first-order valence-corrected chi connectivity index (χ1v) is 3.38. The van der Waals surface area contributed by atoms with E-state index in [1.165, 1.54) is 0 Å². The third-order valence-electron chi connectivity index (χ3n) is 1.49. The van der Waals surface area contributed by atoms with Crippen LogP contribution in [0.15, 0.2) is 12.5 Å². The summed E-state index contributed by atoms with van der Waals surface area (Å²) in [4.78, 5) is 14.0. The van der Waals surface area contributed by atoms with Crippen LogP contribution in [0, 0.1) is 6.92 Å². The average molecular weight is 154 g/mol. The van der Waals surface area contributed by atoms with Crippen LogP contribution >= 0.6 is 0 Å². The van der Waals surface area contributed by atoms with Crippen LogP contribution in [-0.2, 0) is 11.3 Å². The fourth-order valence-electron chi connectivity index (χ4n) is 0.837. The van der Waals surface area contributed by atoms with Crippen molar-refractivity contribution in [2.45, 2.75) is 19.9 Å². The summed E-state index contributed by atoms with van der Waals surface area (Å²) in [5.74, 6) is -0.780. The summed E-state index contributed by atoms with van der Waals surface area (Å²) in [6, 6.07) is 0. The van der Waals surface area contributed by atoms with Crippen molar-refractivity contribution in [3.63, 3.8) is 0 Å². The second-order valence-corrected chi connectivity index (χ2v) is 2.37.